The van der Waals surface area contributed by atoms with Gasteiger partial charge in [0.25, 0.3) is 0 Å². The van der Waals surface area contributed by atoms with E-state index in [1.807, 2.05) is 0 Å². The summed E-state index contributed by atoms with van der Waals surface area (Å²) in [4.78, 5) is 2.55. The fourth-order valence-electron chi connectivity index (χ4n) is 14.8. The van der Waals surface area contributed by atoms with E-state index in [9.17, 15) is 0 Å². The fraction of sp³-hybridized carbons (Fsp3) is 0.220. The maximum Gasteiger partial charge on any atom is 0.0468 e. The maximum absolute atomic E-state index is 2.63. The van der Waals surface area contributed by atoms with E-state index in [1.165, 1.54) is 109 Å². The maximum atomic E-state index is 2.63. The van der Waals surface area contributed by atoms with Crippen LogP contribution >= 0.6 is 0 Å². The Morgan fingerprint density at radius 1 is 0.417 bits per heavy atom. The van der Waals surface area contributed by atoms with E-state index in [1.54, 1.807) is 11.1 Å². The lowest BCUT2D eigenvalue weighted by Crippen LogP contribution is -2.73. The molecule has 2 spiro atoms. The summed E-state index contributed by atoms with van der Waals surface area (Å²) in [5.41, 5.74) is 21.0. The number of rotatable bonds is 5. The van der Waals surface area contributed by atoms with E-state index in [4.69, 9.17) is 0 Å². The lowest BCUT2D eigenvalue weighted by Gasteiger charge is -2.76. The van der Waals surface area contributed by atoms with Crippen LogP contribution in [0, 0.1) is 29.1 Å². The van der Waals surface area contributed by atoms with Crippen molar-refractivity contribution in [3.63, 3.8) is 0 Å². The molecule has 60 heavy (non-hydrogen) atoms. The highest BCUT2D eigenvalue weighted by Crippen LogP contribution is 2.89. The van der Waals surface area contributed by atoms with Gasteiger partial charge < -0.3 is 4.90 Å². The number of hydrogen-bond donors (Lipinski definition) is 0. The molecule has 6 aliphatic carbocycles. The van der Waals surface area contributed by atoms with Gasteiger partial charge in [0, 0.05) is 27.9 Å². The lowest BCUT2D eigenvalue weighted by atomic mass is 9.27. The van der Waals surface area contributed by atoms with Gasteiger partial charge in [-0.25, -0.2) is 0 Å². The van der Waals surface area contributed by atoms with Crippen molar-refractivity contribution in [2.45, 2.75) is 50.4 Å². The summed E-state index contributed by atoms with van der Waals surface area (Å²) in [6.07, 6.45) is 5.78. The third-order valence-electron chi connectivity index (χ3n) is 17.1. The topological polar surface area (TPSA) is 3.24 Å². The minimum Gasteiger partial charge on any atom is -0.310 e. The Hall–Kier alpha value is -6.18. The summed E-state index contributed by atoms with van der Waals surface area (Å²) in [5.74, 6) is 3.41. The van der Waals surface area contributed by atoms with Crippen molar-refractivity contribution in [1.82, 2.24) is 0 Å². The molecule has 0 N–H and O–H groups in total. The molecule has 0 amide bonds. The van der Waals surface area contributed by atoms with Gasteiger partial charge in [-0.15, -0.1) is 0 Å². The van der Waals surface area contributed by atoms with Gasteiger partial charge in [-0.2, -0.15) is 0 Å². The van der Waals surface area contributed by atoms with Gasteiger partial charge in [0.1, 0.15) is 0 Å². The van der Waals surface area contributed by atoms with Crippen LogP contribution in [0.5, 0.6) is 0 Å². The summed E-state index contributed by atoms with van der Waals surface area (Å²) in [6.45, 7) is 4.79. The Morgan fingerprint density at radius 2 is 1.08 bits per heavy atom. The standard InChI is InChI=1S/C59H47N/c1-57(2)51-18-9-8-17-47(51)48-25-22-46(34-53(48)57)60(44-16-10-15-40(30-44)41-20-19-38-13-6-7-14-39(38)29-41)45-23-26-52-50(33-45)49-24-21-42(37-11-4-3-5-12-37)31-54(49)59(52)55-28-36-27-43-32-56(59)58(43,55)35-36/h3-26,29-31,33-34,36,43,55-56H,27-28,32,35H2,1-2H3. The number of anilines is 3. The highest BCUT2D eigenvalue weighted by Gasteiger charge is 2.84. The first-order chi connectivity index (χ1) is 29.4. The van der Waals surface area contributed by atoms with E-state index in [0.29, 0.717) is 5.41 Å². The van der Waals surface area contributed by atoms with E-state index < -0.39 is 0 Å². The second-order valence-corrected chi connectivity index (χ2v) is 19.8. The SMILES string of the molecule is CC1(C)c2ccccc2-c2ccc(N(c3cccc(-c4ccc5ccccc5c4)c3)c3ccc4c(c3)-c3ccc(-c5ccccc5)cc3C43C4CC5CC6CC3C64C5)cc21. The molecular weight excluding hydrogens is 723 g/mol. The molecule has 6 unspecified atom stereocenters. The molecule has 0 radical (unpaired) electrons. The quantitative estimate of drug-likeness (QED) is 0.169. The molecular formula is C59H47N. The highest BCUT2D eigenvalue weighted by atomic mass is 15.1. The van der Waals surface area contributed by atoms with Gasteiger partial charge in [-0.1, -0.05) is 141 Å². The molecule has 4 saturated carbocycles. The predicted octanol–water partition coefficient (Wildman–Crippen LogP) is 15.3. The average molecular weight is 770 g/mol. The second-order valence-electron chi connectivity index (χ2n) is 19.8. The summed E-state index contributed by atoms with van der Waals surface area (Å²) in [7, 11) is 0. The lowest BCUT2D eigenvalue weighted by molar-refractivity contribution is -0.231. The van der Waals surface area contributed by atoms with Gasteiger partial charge in [0.2, 0.25) is 0 Å². The van der Waals surface area contributed by atoms with E-state index in [0.717, 1.165) is 23.7 Å². The summed E-state index contributed by atoms with van der Waals surface area (Å²) in [6, 6.07) is 67.3. The third-order valence-corrected chi connectivity index (χ3v) is 17.1. The van der Waals surface area contributed by atoms with Crippen molar-refractivity contribution in [2.24, 2.45) is 29.1 Å². The summed E-state index contributed by atoms with van der Waals surface area (Å²) < 4.78 is 0. The molecule has 0 heterocycles. The van der Waals surface area contributed by atoms with Gasteiger partial charge in [0.15, 0.2) is 0 Å². The van der Waals surface area contributed by atoms with Gasteiger partial charge in [-0.05, 0) is 181 Å². The average Bonchev–Trinajstić information content (AvgIpc) is 3.98. The molecule has 0 aromatic heterocycles. The van der Waals surface area contributed by atoms with Crippen LogP contribution in [0.2, 0.25) is 0 Å². The zero-order valence-electron chi connectivity index (χ0n) is 34.3. The van der Waals surface area contributed by atoms with Crippen LogP contribution in [0.3, 0.4) is 0 Å². The Kier molecular flexibility index (Phi) is 6.47. The molecule has 4 fully saturated rings. The largest absolute Gasteiger partial charge is 0.310 e. The molecule has 0 saturated heterocycles. The number of nitrogens with zero attached hydrogens (tertiary/aromatic N) is 1. The van der Waals surface area contributed by atoms with E-state index >= 15 is 0 Å². The second kappa shape index (κ2) is 11.5. The molecule has 6 atom stereocenters. The van der Waals surface area contributed by atoms with Crippen molar-refractivity contribution >= 4 is 27.8 Å². The van der Waals surface area contributed by atoms with Crippen LogP contribution in [0.25, 0.3) is 55.3 Å². The normalized spacial score (nSPS) is 26.2. The summed E-state index contributed by atoms with van der Waals surface area (Å²) in [5, 5.41) is 2.54. The van der Waals surface area contributed by atoms with Gasteiger partial charge >= 0.3 is 0 Å². The summed E-state index contributed by atoms with van der Waals surface area (Å²) >= 11 is 0. The van der Waals surface area contributed by atoms with Crippen LogP contribution < -0.4 is 4.90 Å². The first kappa shape index (κ1) is 33.6. The zero-order valence-corrected chi connectivity index (χ0v) is 34.3. The van der Waals surface area contributed by atoms with E-state index in [2.05, 4.69) is 195 Å². The first-order valence-electron chi connectivity index (χ1n) is 22.4. The Labute approximate surface area is 353 Å². The van der Waals surface area contributed by atoms with Crippen LogP contribution in [0.15, 0.2) is 176 Å². The zero-order chi connectivity index (χ0) is 39.5. The van der Waals surface area contributed by atoms with Gasteiger partial charge in [-0.3, -0.25) is 0 Å². The Bertz CT molecular complexity index is 3140. The third kappa shape index (κ3) is 4.09. The minimum absolute atomic E-state index is 0.0955. The Morgan fingerprint density at radius 3 is 1.98 bits per heavy atom. The molecule has 6 aliphatic rings. The van der Waals surface area contributed by atoms with Crippen molar-refractivity contribution in [3.8, 4) is 44.5 Å². The predicted molar refractivity (Wildman–Crippen MR) is 248 cm³/mol. The fourth-order valence-corrected chi connectivity index (χ4v) is 14.8. The van der Waals surface area contributed by atoms with E-state index in [-0.39, 0.29) is 10.8 Å². The molecule has 8 aromatic carbocycles. The smallest absolute Gasteiger partial charge is 0.0468 e. The van der Waals surface area contributed by atoms with Crippen molar-refractivity contribution in [1.29, 1.82) is 0 Å². The number of fused-ring (bicyclic) bond motifs is 12. The molecule has 1 nitrogen and oxygen atoms in total. The Balaban J connectivity index is 0.964. The monoisotopic (exact) mass is 769 g/mol. The molecule has 2 bridgehead atoms. The molecule has 8 aromatic rings. The van der Waals surface area contributed by atoms with Crippen LogP contribution in [0.1, 0.15) is 61.8 Å². The van der Waals surface area contributed by atoms with Crippen molar-refractivity contribution < 1.29 is 0 Å². The molecule has 14 rings (SSSR count). The van der Waals surface area contributed by atoms with Gasteiger partial charge in [0.05, 0.1) is 0 Å². The minimum atomic E-state index is -0.0955. The van der Waals surface area contributed by atoms with Crippen LogP contribution in [0.4, 0.5) is 17.1 Å². The van der Waals surface area contributed by atoms with Crippen LogP contribution in [-0.2, 0) is 10.8 Å². The van der Waals surface area contributed by atoms with Crippen LogP contribution in [-0.4, -0.2) is 0 Å². The van der Waals surface area contributed by atoms with Crippen molar-refractivity contribution in [3.05, 3.63) is 198 Å². The number of hydrogen-bond acceptors (Lipinski definition) is 1. The van der Waals surface area contributed by atoms with Crippen molar-refractivity contribution in [2.75, 3.05) is 4.90 Å². The highest BCUT2D eigenvalue weighted by molar-refractivity contribution is 5.93. The molecule has 288 valence electrons. The molecule has 1 heteroatoms. The number of benzene rings is 8. The molecule has 0 aliphatic heterocycles. The first-order valence-corrected chi connectivity index (χ1v) is 22.4.